The first-order chi connectivity index (χ1) is 17.6. The number of Topliss-reactive ketones (excluding diaryl/α,β-unsaturated/α-hetero) is 2. The number of nitrogens with one attached hydrogen (secondary N) is 2. The number of hydrogen-bond donors (Lipinski definition) is 2. The van der Waals surface area contributed by atoms with Gasteiger partial charge in [0, 0.05) is 43.3 Å². The van der Waals surface area contributed by atoms with E-state index in [-0.39, 0.29) is 53.8 Å². The summed E-state index contributed by atoms with van der Waals surface area (Å²) in [7, 11) is 3.05. The lowest BCUT2D eigenvalue weighted by Crippen LogP contribution is -2.46. The van der Waals surface area contributed by atoms with Crippen LogP contribution in [0, 0.1) is 5.92 Å². The Balaban J connectivity index is 2.55. The first kappa shape index (κ1) is 32.4. The molecule has 0 aliphatic rings. The summed E-state index contributed by atoms with van der Waals surface area (Å²) in [6.07, 6.45) is 3.19. The van der Waals surface area contributed by atoms with Gasteiger partial charge < -0.3 is 25.3 Å². The highest BCUT2D eigenvalue weighted by atomic mass is 33.1. The Kier molecular flexibility index (Phi) is 15.5. The molecule has 0 radical (unpaired) electrons. The summed E-state index contributed by atoms with van der Waals surface area (Å²) in [5, 5.41) is 17.7. The minimum absolute atomic E-state index is 0.00928. The van der Waals surface area contributed by atoms with Crippen LogP contribution < -0.4 is 15.7 Å². The minimum atomic E-state index is -1.50. The normalized spacial score (nSPS) is 13.2. The van der Waals surface area contributed by atoms with Crippen LogP contribution in [-0.4, -0.2) is 52.7 Å². The summed E-state index contributed by atoms with van der Waals surface area (Å²) in [5.74, 6) is -2.22. The molecule has 0 aromatic carbocycles. The zero-order valence-electron chi connectivity index (χ0n) is 21.8. The third kappa shape index (κ3) is 12.9. The molecule has 2 N–H and O–H groups in total. The number of rotatable bonds is 18. The molecule has 204 valence electrons. The molecule has 9 nitrogen and oxygen atoms in total. The third-order valence-corrected chi connectivity index (χ3v) is 7.99. The number of carboxylic acid groups (broad SMARTS) is 1. The van der Waals surface area contributed by atoms with Crippen LogP contribution in [0.3, 0.4) is 0 Å². The number of aliphatic carboxylic acids is 1. The van der Waals surface area contributed by atoms with Gasteiger partial charge in [0.05, 0.1) is 12.0 Å². The Morgan fingerprint density at radius 2 is 1.78 bits per heavy atom. The maximum Gasteiger partial charge on any atom is 0.248 e. The second-order valence-electron chi connectivity index (χ2n) is 8.67. The van der Waals surface area contributed by atoms with E-state index in [1.165, 1.54) is 24.6 Å². The Morgan fingerprint density at radius 3 is 2.38 bits per heavy atom. The number of nitrogens with zero attached hydrogens (tertiary/aromatic N) is 1. The van der Waals surface area contributed by atoms with Crippen LogP contribution in [0.4, 0.5) is 0 Å². The lowest BCUT2D eigenvalue weighted by atomic mass is 9.92. The van der Waals surface area contributed by atoms with E-state index in [9.17, 15) is 29.1 Å². The Labute approximate surface area is 226 Å². The van der Waals surface area contributed by atoms with Gasteiger partial charge in [0.25, 0.3) is 0 Å². The van der Waals surface area contributed by atoms with Crippen LogP contribution in [0.15, 0.2) is 40.6 Å². The van der Waals surface area contributed by atoms with E-state index >= 15 is 0 Å². The van der Waals surface area contributed by atoms with E-state index in [4.69, 9.17) is 0 Å². The molecule has 2 amide bonds. The molecule has 1 aromatic heterocycles. The van der Waals surface area contributed by atoms with Crippen molar-refractivity contribution < 1.29 is 29.1 Å². The quantitative estimate of drug-likeness (QED) is 0.160. The predicted octanol–water partition coefficient (Wildman–Crippen LogP) is 2.64. The lowest BCUT2D eigenvalue weighted by molar-refractivity contribution is -0.299. The van der Waals surface area contributed by atoms with Crippen molar-refractivity contribution in [2.75, 3.05) is 12.3 Å². The average molecular weight is 551 g/mol. The summed E-state index contributed by atoms with van der Waals surface area (Å²) in [5.41, 5.74) is -0.323. The van der Waals surface area contributed by atoms with Crippen LogP contribution in [0.25, 0.3) is 0 Å². The third-order valence-electron chi connectivity index (χ3n) is 5.72. The fraction of sp³-hybridized carbons (Fsp3) is 0.538. The first-order valence-electron chi connectivity index (χ1n) is 12.3. The Morgan fingerprint density at radius 1 is 1.05 bits per heavy atom. The molecule has 1 rings (SSSR count). The molecular formula is C26H36N3O6S2-. The van der Waals surface area contributed by atoms with E-state index in [1.807, 2.05) is 32.0 Å². The largest absolute Gasteiger partial charge is 0.545 e. The number of carbonyl (C=O) groups excluding carboxylic acids is 5. The smallest absolute Gasteiger partial charge is 0.248 e. The van der Waals surface area contributed by atoms with Gasteiger partial charge in [0.15, 0.2) is 5.78 Å². The topological polar surface area (TPSA) is 145 Å². The minimum Gasteiger partial charge on any atom is -0.545 e. The number of pyridine rings is 1. The van der Waals surface area contributed by atoms with Gasteiger partial charge in [-0.2, -0.15) is 0 Å². The average Bonchev–Trinajstić information content (AvgIpc) is 2.87. The molecule has 0 spiro atoms. The summed E-state index contributed by atoms with van der Waals surface area (Å²) < 4.78 is 0. The maximum absolute atomic E-state index is 12.9. The van der Waals surface area contributed by atoms with Crippen LogP contribution in [-0.2, 0) is 24.0 Å². The summed E-state index contributed by atoms with van der Waals surface area (Å²) in [6.45, 7) is 6.66. The molecule has 0 saturated carbocycles. The van der Waals surface area contributed by atoms with Crippen molar-refractivity contribution in [1.29, 1.82) is 0 Å². The zero-order valence-corrected chi connectivity index (χ0v) is 23.5. The maximum atomic E-state index is 12.9. The van der Waals surface area contributed by atoms with Crippen LogP contribution in [0.2, 0.25) is 0 Å². The highest BCUT2D eigenvalue weighted by molar-refractivity contribution is 8.76. The molecular weight excluding hydrogens is 514 g/mol. The van der Waals surface area contributed by atoms with Gasteiger partial charge in [0.2, 0.25) is 11.8 Å². The van der Waals surface area contributed by atoms with Crippen molar-refractivity contribution in [3.8, 4) is 0 Å². The highest BCUT2D eigenvalue weighted by Crippen LogP contribution is 2.29. The second kappa shape index (κ2) is 17.7. The number of amides is 2. The zero-order chi connectivity index (χ0) is 27.8. The van der Waals surface area contributed by atoms with Gasteiger partial charge >= 0.3 is 0 Å². The van der Waals surface area contributed by atoms with Crippen molar-refractivity contribution in [3.05, 3.63) is 35.5 Å². The van der Waals surface area contributed by atoms with Crippen molar-refractivity contribution in [2.24, 2.45) is 5.92 Å². The lowest BCUT2D eigenvalue weighted by Gasteiger charge is -2.24. The van der Waals surface area contributed by atoms with Crippen molar-refractivity contribution >= 4 is 50.9 Å². The summed E-state index contributed by atoms with van der Waals surface area (Å²) >= 11 is 0. The van der Waals surface area contributed by atoms with Crippen molar-refractivity contribution in [1.82, 2.24) is 15.6 Å². The standard InChI is InChI=1S/C26H37N3O6S2/c1-5-17(2)24(29-25(33)20(12-11-18(3)30)19(4)26(34)35)21(31)9-8-15-27-22(32)13-16-36-37-23-10-6-7-14-28-23/h6-7,10,14,17,24H,5,8-9,11-13,15-16H2,1-4H3,(H,27,32)(H,29,33)(H,34,35)/p-1/b20-19-/t17?,24-/m0/s1. The van der Waals surface area contributed by atoms with Gasteiger partial charge in [-0.3, -0.25) is 14.4 Å². The Bertz CT molecular complexity index is 968. The van der Waals surface area contributed by atoms with Crippen LogP contribution >= 0.6 is 21.6 Å². The highest BCUT2D eigenvalue weighted by Gasteiger charge is 2.27. The number of carbonyl (C=O) groups is 5. The SMILES string of the molecule is CCC(C)[C@H](NC(=O)/C(CCC(C)=O)=C(/C)C(=O)[O-])C(=O)CCCNC(=O)CCSSc1ccccn1. The molecule has 0 saturated heterocycles. The van der Waals surface area contributed by atoms with Crippen molar-refractivity contribution in [3.63, 3.8) is 0 Å². The molecule has 1 unspecified atom stereocenters. The van der Waals surface area contributed by atoms with E-state index in [0.29, 0.717) is 31.6 Å². The van der Waals surface area contributed by atoms with Gasteiger partial charge in [0.1, 0.15) is 10.8 Å². The predicted molar refractivity (Wildman–Crippen MR) is 143 cm³/mol. The number of aromatic nitrogens is 1. The molecule has 1 aromatic rings. The monoisotopic (exact) mass is 550 g/mol. The molecule has 0 fully saturated rings. The molecule has 37 heavy (non-hydrogen) atoms. The van der Waals surface area contributed by atoms with Gasteiger partial charge in [-0.25, -0.2) is 4.98 Å². The number of hydrogen-bond acceptors (Lipinski definition) is 9. The fourth-order valence-corrected chi connectivity index (χ4v) is 5.14. The van der Waals surface area contributed by atoms with Crippen molar-refractivity contribution in [2.45, 2.75) is 77.3 Å². The number of carboxylic acids is 1. The second-order valence-corrected chi connectivity index (χ2v) is 11.1. The molecule has 2 atom stereocenters. The summed E-state index contributed by atoms with van der Waals surface area (Å²) in [6, 6.07) is 4.84. The van der Waals surface area contributed by atoms with E-state index in [0.717, 1.165) is 5.03 Å². The number of ketones is 2. The van der Waals surface area contributed by atoms with Crippen LogP contribution in [0.1, 0.15) is 66.2 Å². The molecule has 0 bridgehead atoms. The Hall–Kier alpha value is -2.66. The molecule has 0 aliphatic heterocycles. The molecule has 11 heteroatoms. The van der Waals surface area contributed by atoms with Gasteiger partial charge in [-0.1, -0.05) is 37.1 Å². The fourth-order valence-electron chi connectivity index (χ4n) is 3.27. The van der Waals surface area contributed by atoms with E-state index in [1.54, 1.807) is 17.0 Å². The molecule has 1 heterocycles. The first-order valence-corrected chi connectivity index (χ1v) is 14.6. The van der Waals surface area contributed by atoms with Gasteiger partial charge in [-0.15, -0.1) is 0 Å². The molecule has 0 aliphatic carbocycles. The van der Waals surface area contributed by atoms with E-state index in [2.05, 4.69) is 15.6 Å². The van der Waals surface area contributed by atoms with Gasteiger partial charge in [-0.05, 0) is 61.1 Å². The summed E-state index contributed by atoms with van der Waals surface area (Å²) in [4.78, 5) is 64.8. The van der Waals surface area contributed by atoms with Crippen LogP contribution in [0.5, 0.6) is 0 Å². The van der Waals surface area contributed by atoms with E-state index < -0.39 is 17.9 Å².